The van der Waals surface area contributed by atoms with E-state index in [9.17, 15) is 4.79 Å². The zero-order valence-corrected chi connectivity index (χ0v) is 10.7. The highest BCUT2D eigenvalue weighted by molar-refractivity contribution is 6.29. The number of carbonyl (C=O) groups is 1. The summed E-state index contributed by atoms with van der Waals surface area (Å²) in [6.07, 6.45) is 1.57. The number of nitrogens with zero attached hydrogens (tertiary/aromatic N) is 3. The summed E-state index contributed by atoms with van der Waals surface area (Å²) in [5.74, 6) is -0.375. The highest BCUT2D eigenvalue weighted by Gasteiger charge is 2.15. The predicted octanol–water partition coefficient (Wildman–Crippen LogP) is 1.61. The molecule has 2 aromatic heterocycles. The summed E-state index contributed by atoms with van der Waals surface area (Å²) in [4.78, 5) is 16.0. The maximum absolute atomic E-state index is 12.0. The van der Waals surface area contributed by atoms with Crippen LogP contribution in [0.15, 0.2) is 18.3 Å². The number of nitrogens with one attached hydrogen (secondary N) is 1. The zero-order chi connectivity index (χ0) is 13.3. The first-order valence-electron chi connectivity index (χ1n) is 5.21. The molecule has 0 aliphatic carbocycles. The van der Waals surface area contributed by atoms with E-state index in [1.165, 1.54) is 4.68 Å². The summed E-state index contributed by atoms with van der Waals surface area (Å²) >= 11 is 5.74. The van der Waals surface area contributed by atoms with E-state index >= 15 is 0 Å². The Hall–Kier alpha value is -2.08. The number of nitrogens with two attached hydrogens (primary N) is 1. The first kappa shape index (κ1) is 12.4. The molecule has 0 fully saturated rings. The van der Waals surface area contributed by atoms with Gasteiger partial charge in [0.25, 0.3) is 5.91 Å². The standard InChI is InChI=1S/C11H12ClN5O/c1-6-8(3-4-9(12)14-6)15-11(18)10-7(13)5-17(2)16-10/h3-5H,13H2,1-2H3,(H,15,18). The van der Waals surface area contributed by atoms with Crippen LogP contribution in [0.4, 0.5) is 11.4 Å². The Morgan fingerprint density at radius 3 is 2.78 bits per heavy atom. The van der Waals surface area contributed by atoms with Gasteiger partial charge in [0.05, 0.1) is 17.1 Å². The maximum Gasteiger partial charge on any atom is 0.278 e. The Balaban J connectivity index is 2.24. The van der Waals surface area contributed by atoms with E-state index in [1.54, 1.807) is 32.3 Å². The van der Waals surface area contributed by atoms with Crippen LogP contribution in [0.2, 0.25) is 5.15 Å². The minimum absolute atomic E-state index is 0.187. The third-order valence-electron chi connectivity index (χ3n) is 2.37. The molecular weight excluding hydrogens is 254 g/mol. The predicted molar refractivity (Wildman–Crippen MR) is 69.6 cm³/mol. The van der Waals surface area contributed by atoms with Crippen LogP contribution in [0.1, 0.15) is 16.2 Å². The van der Waals surface area contributed by atoms with E-state index in [4.69, 9.17) is 17.3 Å². The van der Waals surface area contributed by atoms with Gasteiger partial charge in [-0.15, -0.1) is 0 Å². The largest absolute Gasteiger partial charge is 0.396 e. The molecule has 0 bridgehead atoms. The summed E-state index contributed by atoms with van der Waals surface area (Å²) in [5.41, 5.74) is 7.40. The number of carbonyl (C=O) groups excluding carboxylic acids is 1. The Kier molecular flexibility index (Phi) is 3.20. The molecular formula is C11H12ClN5O. The average Bonchev–Trinajstić information content (AvgIpc) is 2.62. The first-order chi connectivity index (χ1) is 8.47. The van der Waals surface area contributed by atoms with Crippen LogP contribution in [-0.2, 0) is 7.05 Å². The molecule has 2 rings (SSSR count). The van der Waals surface area contributed by atoms with E-state index in [1.807, 2.05) is 0 Å². The van der Waals surface area contributed by atoms with Crippen LogP contribution in [0.3, 0.4) is 0 Å². The minimum Gasteiger partial charge on any atom is -0.396 e. The number of aromatic nitrogens is 3. The number of pyridine rings is 1. The van der Waals surface area contributed by atoms with Crippen LogP contribution in [-0.4, -0.2) is 20.7 Å². The molecule has 0 aromatic carbocycles. The lowest BCUT2D eigenvalue weighted by atomic mass is 10.3. The van der Waals surface area contributed by atoms with Gasteiger partial charge in [-0.1, -0.05) is 11.6 Å². The van der Waals surface area contributed by atoms with E-state index in [-0.39, 0.29) is 11.6 Å². The van der Waals surface area contributed by atoms with Gasteiger partial charge in [0.15, 0.2) is 5.69 Å². The van der Waals surface area contributed by atoms with Crippen molar-refractivity contribution in [3.05, 3.63) is 34.9 Å². The molecule has 18 heavy (non-hydrogen) atoms. The van der Waals surface area contributed by atoms with E-state index in [2.05, 4.69) is 15.4 Å². The van der Waals surface area contributed by atoms with Crippen LogP contribution < -0.4 is 11.1 Å². The van der Waals surface area contributed by atoms with Crippen LogP contribution in [0, 0.1) is 6.92 Å². The Bertz CT molecular complexity index is 607. The number of nitrogen functional groups attached to an aromatic ring is 1. The van der Waals surface area contributed by atoms with Gasteiger partial charge < -0.3 is 11.1 Å². The number of rotatable bonds is 2. The number of aryl methyl sites for hydroxylation is 2. The number of halogens is 1. The van der Waals surface area contributed by atoms with Crippen molar-refractivity contribution in [2.45, 2.75) is 6.92 Å². The van der Waals surface area contributed by atoms with E-state index < -0.39 is 0 Å². The molecule has 7 heteroatoms. The second-order valence-corrected chi connectivity index (χ2v) is 4.22. The lowest BCUT2D eigenvalue weighted by Gasteiger charge is -2.06. The lowest BCUT2D eigenvalue weighted by molar-refractivity contribution is 0.102. The summed E-state index contributed by atoms with van der Waals surface area (Å²) in [6.45, 7) is 1.75. The highest BCUT2D eigenvalue weighted by Crippen LogP contribution is 2.17. The average molecular weight is 266 g/mol. The lowest BCUT2D eigenvalue weighted by Crippen LogP contribution is -2.15. The van der Waals surface area contributed by atoms with Gasteiger partial charge in [-0.25, -0.2) is 4.98 Å². The normalized spacial score (nSPS) is 10.4. The van der Waals surface area contributed by atoms with Crippen molar-refractivity contribution >= 4 is 28.9 Å². The molecule has 6 nitrogen and oxygen atoms in total. The van der Waals surface area contributed by atoms with Crippen LogP contribution in [0.5, 0.6) is 0 Å². The van der Waals surface area contributed by atoms with Crippen molar-refractivity contribution in [2.75, 3.05) is 11.1 Å². The van der Waals surface area contributed by atoms with Gasteiger partial charge in [0.2, 0.25) is 0 Å². The van der Waals surface area contributed by atoms with Gasteiger partial charge in [-0.3, -0.25) is 9.48 Å². The Morgan fingerprint density at radius 2 is 2.22 bits per heavy atom. The summed E-state index contributed by atoms with van der Waals surface area (Å²) < 4.78 is 1.48. The molecule has 0 saturated carbocycles. The molecule has 0 radical (unpaired) electrons. The summed E-state index contributed by atoms with van der Waals surface area (Å²) in [7, 11) is 1.70. The first-order valence-corrected chi connectivity index (χ1v) is 5.59. The fourth-order valence-corrected chi connectivity index (χ4v) is 1.72. The Labute approximate surface area is 109 Å². The minimum atomic E-state index is -0.375. The zero-order valence-electron chi connectivity index (χ0n) is 9.94. The second kappa shape index (κ2) is 4.66. The van der Waals surface area contributed by atoms with Crippen molar-refractivity contribution in [3.8, 4) is 0 Å². The van der Waals surface area contributed by atoms with Crippen LogP contribution >= 0.6 is 11.6 Å². The number of hydrogen-bond acceptors (Lipinski definition) is 4. The SMILES string of the molecule is Cc1nc(Cl)ccc1NC(=O)c1nn(C)cc1N. The number of amides is 1. The fourth-order valence-electron chi connectivity index (χ4n) is 1.53. The molecule has 0 atom stereocenters. The molecule has 94 valence electrons. The molecule has 3 N–H and O–H groups in total. The molecule has 1 amide bonds. The van der Waals surface area contributed by atoms with Gasteiger partial charge >= 0.3 is 0 Å². The van der Waals surface area contributed by atoms with Crippen LogP contribution in [0.25, 0.3) is 0 Å². The molecule has 0 unspecified atom stereocenters. The van der Waals surface area contributed by atoms with Crippen molar-refractivity contribution in [1.82, 2.24) is 14.8 Å². The smallest absolute Gasteiger partial charge is 0.278 e. The molecule has 2 aromatic rings. The van der Waals surface area contributed by atoms with Gasteiger partial charge in [0.1, 0.15) is 5.15 Å². The van der Waals surface area contributed by atoms with Gasteiger partial charge in [-0.2, -0.15) is 5.10 Å². The van der Waals surface area contributed by atoms with Gasteiger partial charge in [0, 0.05) is 13.2 Å². The monoisotopic (exact) mass is 265 g/mol. The highest BCUT2D eigenvalue weighted by atomic mass is 35.5. The second-order valence-electron chi connectivity index (χ2n) is 3.83. The third kappa shape index (κ3) is 2.43. The fraction of sp³-hybridized carbons (Fsp3) is 0.182. The van der Waals surface area contributed by atoms with Crippen molar-refractivity contribution in [1.29, 1.82) is 0 Å². The molecule has 0 saturated heterocycles. The molecule has 0 aliphatic heterocycles. The van der Waals surface area contributed by atoms with Crippen molar-refractivity contribution in [3.63, 3.8) is 0 Å². The molecule has 2 heterocycles. The number of hydrogen-bond donors (Lipinski definition) is 2. The van der Waals surface area contributed by atoms with E-state index in [0.717, 1.165) is 0 Å². The van der Waals surface area contributed by atoms with Crippen molar-refractivity contribution < 1.29 is 4.79 Å². The summed E-state index contributed by atoms with van der Waals surface area (Å²) in [5, 5.41) is 7.06. The quantitative estimate of drug-likeness (QED) is 0.808. The number of anilines is 2. The molecule has 0 spiro atoms. The van der Waals surface area contributed by atoms with Gasteiger partial charge in [-0.05, 0) is 19.1 Å². The van der Waals surface area contributed by atoms with Crippen molar-refractivity contribution in [2.24, 2.45) is 7.05 Å². The van der Waals surface area contributed by atoms with E-state index in [0.29, 0.717) is 22.2 Å². The molecule has 0 aliphatic rings. The third-order valence-corrected chi connectivity index (χ3v) is 2.58. The Morgan fingerprint density at radius 1 is 1.50 bits per heavy atom. The maximum atomic E-state index is 12.0. The summed E-state index contributed by atoms with van der Waals surface area (Å²) in [6, 6.07) is 3.29. The topological polar surface area (TPSA) is 85.8 Å².